The fraction of sp³-hybridized carbons (Fsp3) is 0.400. The van der Waals surface area contributed by atoms with Crippen LogP contribution >= 0.6 is 0 Å². The molecule has 1 atom stereocenters. The number of amides is 1. The van der Waals surface area contributed by atoms with Gasteiger partial charge in [0.1, 0.15) is 23.9 Å². The van der Waals surface area contributed by atoms with Gasteiger partial charge in [-0.25, -0.2) is 0 Å². The van der Waals surface area contributed by atoms with E-state index in [-0.39, 0.29) is 17.4 Å². The standard InChI is InChI=1S/C30H36N2O6/c1-4-18-37-24-10-6-22(7-11-24)27-26(28(33)23-8-12-25(13-9-23)38-21(2)3)29(34)30(35)32(27)15-5-14-31-16-19-36-20-17-31/h4,6-13,21,27,33H,1,5,14-20H2,2-3H3/b28-26-. The number of likely N-dealkylation sites (tertiary alicyclic amines) is 1. The summed E-state index contributed by atoms with van der Waals surface area (Å²) in [5.74, 6) is -0.184. The van der Waals surface area contributed by atoms with Crippen LogP contribution in [-0.4, -0.2) is 78.7 Å². The van der Waals surface area contributed by atoms with E-state index in [0.29, 0.717) is 49.8 Å². The van der Waals surface area contributed by atoms with Crippen LogP contribution in [-0.2, 0) is 14.3 Å². The van der Waals surface area contributed by atoms with E-state index < -0.39 is 17.7 Å². The van der Waals surface area contributed by atoms with E-state index in [4.69, 9.17) is 14.2 Å². The molecule has 8 heteroatoms. The summed E-state index contributed by atoms with van der Waals surface area (Å²) < 4.78 is 16.7. The van der Waals surface area contributed by atoms with E-state index >= 15 is 0 Å². The molecule has 0 spiro atoms. The Kier molecular flexibility index (Phi) is 9.20. The number of nitrogens with zero attached hydrogens (tertiary/aromatic N) is 2. The molecular weight excluding hydrogens is 484 g/mol. The third kappa shape index (κ3) is 6.44. The average molecular weight is 521 g/mol. The summed E-state index contributed by atoms with van der Waals surface area (Å²) in [7, 11) is 0. The van der Waals surface area contributed by atoms with Crippen molar-refractivity contribution >= 4 is 17.4 Å². The molecule has 2 aromatic rings. The normalized spacial score (nSPS) is 19.7. The lowest BCUT2D eigenvalue weighted by Gasteiger charge is -2.29. The fourth-order valence-corrected chi connectivity index (χ4v) is 4.77. The van der Waals surface area contributed by atoms with Gasteiger partial charge in [0.2, 0.25) is 0 Å². The lowest BCUT2D eigenvalue weighted by Crippen LogP contribution is -2.38. The molecule has 4 rings (SSSR count). The number of morpholine rings is 1. The number of Topliss-reactive ketones (excluding diaryl/α,β-unsaturated/α-hetero) is 1. The Morgan fingerprint density at radius 1 is 1.05 bits per heavy atom. The van der Waals surface area contributed by atoms with Crippen LogP contribution in [0.3, 0.4) is 0 Å². The molecule has 1 unspecified atom stereocenters. The zero-order chi connectivity index (χ0) is 27.1. The second-order valence-corrected chi connectivity index (χ2v) is 9.66. The molecule has 2 heterocycles. The molecule has 2 aliphatic rings. The summed E-state index contributed by atoms with van der Waals surface area (Å²) in [6, 6.07) is 13.4. The second kappa shape index (κ2) is 12.8. The number of hydrogen-bond acceptors (Lipinski definition) is 7. The van der Waals surface area contributed by atoms with Gasteiger partial charge < -0.3 is 24.2 Å². The SMILES string of the molecule is C=CCOc1ccc(C2/C(=C(/O)c3ccc(OC(C)C)cc3)C(=O)C(=O)N2CCCN2CCOCC2)cc1. The van der Waals surface area contributed by atoms with Crippen LogP contribution < -0.4 is 9.47 Å². The van der Waals surface area contributed by atoms with Crippen molar-refractivity contribution in [3.63, 3.8) is 0 Å². The first-order valence-corrected chi connectivity index (χ1v) is 13.1. The predicted octanol–water partition coefficient (Wildman–Crippen LogP) is 4.18. The summed E-state index contributed by atoms with van der Waals surface area (Å²) in [5.41, 5.74) is 1.25. The molecule has 0 bridgehead atoms. The number of ketones is 1. The van der Waals surface area contributed by atoms with E-state index in [1.54, 1.807) is 47.4 Å². The van der Waals surface area contributed by atoms with Gasteiger partial charge in [-0.2, -0.15) is 0 Å². The van der Waals surface area contributed by atoms with Crippen LogP contribution in [0.25, 0.3) is 5.76 Å². The first-order chi connectivity index (χ1) is 18.4. The van der Waals surface area contributed by atoms with Crippen LogP contribution in [0, 0.1) is 0 Å². The van der Waals surface area contributed by atoms with Gasteiger partial charge in [0.05, 0.1) is 30.9 Å². The van der Waals surface area contributed by atoms with E-state index in [2.05, 4.69) is 11.5 Å². The van der Waals surface area contributed by atoms with Crippen molar-refractivity contribution in [3.05, 3.63) is 77.9 Å². The van der Waals surface area contributed by atoms with E-state index in [0.717, 1.165) is 25.2 Å². The first-order valence-electron chi connectivity index (χ1n) is 13.1. The molecule has 0 aliphatic carbocycles. The quantitative estimate of drug-likeness (QED) is 0.206. The first kappa shape index (κ1) is 27.4. The number of carbonyl (C=O) groups excluding carboxylic acids is 2. The highest BCUT2D eigenvalue weighted by molar-refractivity contribution is 6.46. The maximum Gasteiger partial charge on any atom is 0.295 e. The second-order valence-electron chi connectivity index (χ2n) is 9.66. The van der Waals surface area contributed by atoms with Gasteiger partial charge in [0.25, 0.3) is 11.7 Å². The van der Waals surface area contributed by atoms with Gasteiger partial charge in [-0.05, 0) is 62.2 Å². The summed E-state index contributed by atoms with van der Waals surface area (Å²) in [4.78, 5) is 30.4. The van der Waals surface area contributed by atoms with Crippen molar-refractivity contribution in [1.29, 1.82) is 0 Å². The smallest absolute Gasteiger partial charge is 0.295 e. The van der Waals surface area contributed by atoms with Crippen molar-refractivity contribution in [1.82, 2.24) is 9.80 Å². The summed E-state index contributed by atoms with van der Waals surface area (Å²) in [6.07, 6.45) is 2.37. The third-order valence-electron chi connectivity index (χ3n) is 6.58. The molecule has 8 nitrogen and oxygen atoms in total. The van der Waals surface area contributed by atoms with Gasteiger partial charge >= 0.3 is 0 Å². The van der Waals surface area contributed by atoms with Gasteiger partial charge in [0.15, 0.2) is 0 Å². The number of carbonyl (C=O) groups is 2. The van der Waals surface area contributed by atoms with Crippen LogP contribution in [0.2, 0.25) is 0 Å². The molecule has 202 valence electrons. The number of benzene rings is 2. The molecule has 1 N–H and O–H groups in total. The number of rotatable bonds is 11. The van der Waals surface area contributed by atoms with Gasteiger partial charge in [-0.15, -0.1) is 0 Å². The molecule has 38 heavy (non-hydrogen) atoms. The third-order valence-corrected chi connectivity index (χ3v) is 6.58. The monoisotopic (exact) mass is 520 g/mol. The zero-order valence-corrected chi connectivity index (χ0v) is 22.1. The minimum atomic E-state index is -0.709. The lowest BCUT2D eigenvalue weighted by atomic mass is 9.95. The van der Waals surface area contributed by atoms with Crippen molar-refractivity contribution in [3.8, 4) is 11.5 Å². The molecule has 2 fully saturated rings. The highest BCUT2D eigenvalue weighted by Crippen LogP contribution is 2.40. The Hall–Kier alpha value is -3.62. The van der Waals surface area contributed by atoms with Crippen molar-refractivity contribution in [2.24, 2.45) is 0 Å². The van der Waals surface area contributed by atoms with Crippen LogP contribution in [0.1, 0.15) is 37.4 Å². The van der Waals surface area contributed by atoms with E-state index in [1.165, 1.54) is 0 Å². The average Bonchev–Trinajstić information content (AvgIpc) is 3.17. The Morgan fingerprint density at radius 2 is 1.71 bits per heavy atom. The van der Waals surface area contributed by atoms with Crippen molar-refractivity contribution in [2.45, 2.75) is 32.4 Å². The fourth-order valence-electron chi connectivity index (χ4n) is 4.77. The maximum absolute atomic E-state index is 13.3. The summed E-state index contributed by atoms with van der Waals surface area (Å²) >= 11 is 0. The Balaban J connectivity index is 1.64. The molecule has 0 radical (unpaired) electrons. The molecule has 2 saturated heterocycles. The van der Waals surface area contributed by atoms with E-state index in [1.807, 2.05) is 26.0 Å². The Bertz CT molecular complexity index is 1150. The van der Waals surface area contributed by atoms with Crippen LogP contribution in [0.15, 0.2) is 66.8 Å². The number of hydrogen-bond donors (Lipinski definition) is 1. The summed E-state index contributed by atoms with van der Waals surface area (Å²) in [6.45, 7) is 12.2. The summed E-state index contributed by atoms with van der Waals surface area (Å²) in [5, 5.41) is 11.3. The number of aliphatic hydroxyl groups excluding tert-OH is 1. The minimum Gasteiger partial charge on any atom is -0.507 e. The number of aliphatic hydroxyl groups is 1. The van der Waals surface area contributed by atoms with Crippen molar-refractivity contribution < 1.29 is 28.9 Å². The number of ether oxygens (including phenoxy) is 3. The van der Waals surface area contributed by atoms with E-state index in [9.17, 15) is 14.7 Å². The van der Waals surface area contributed by atoms with Gasteiger partial charge in [-0.3, -0.25) is 14.5 Å². The predicted molar refractivity (Wildman–Crippen MR) is 145 cm³/mol. The topological polar surface area (TPSA) is 88.5 Å². The lowest BCUT2D eigenvalue weighted by molar-refractivity contribution is -0.140. The molecule has 0 aromatic heterocycles. The van der Waals surface area contributed by atoms with Crippen LogP contribution in [0.5, 0.6) is 11.5 Å². The Morgan fingerprint density at radius 3 is 2.34 bits per heavy atom. The molecule has 2 aromatic carbocycles. The highest BCUT2D eigenvalue weighted by Gasteiger charge is 2.45. The van der Waals surface area contributed by atoms with Crippen molar-refractivity contribution in [2.75, 3.05) is 46.0 Å². The molecule has 2 aliphatic heterocycles. The minimum absolute atomic E-state index is 0.00988. The highest BCUT2D eigenvalue weighted by atomic mass is 16.5. The van der Waals surface area contributed by atoms with Crippen LogP contribution in [0.4, 0.5) is 0 Å². The molecular formula is C30H36N2O6. The largest absolute Gasteiger partial charge is 0.507 e. The van der Waals surface area contributed by atoms with Gasteiger partial charge in [0, 0.05) is 31.7 Å². The zero-order valence-electron chi connectivity index (χ0n) is 22.1. The molecule has 1 amide bonds. The maximum atomic E-state index is 13.3. The molecule has 0 saturated carbocycles. The Labute approximate surface area is 224 Å². The van der Waals surface area contributed by atoms with Gasteiger partial charge in [-0.1, -0.05) is 24.8 Å².